The highest BCUT2D eigenvalue weighted by atomic mass is 35.5. The first-order chi connectivity index (χ1) is 15.5. The van der Waals surface area contributed by atoms with Crippen LogP contribution in [0.3, 0.4) is 0 Å². The molecule has 9 nitrogen and oxygen atoms in total. The fourth-order valence-electron chi connectivity index (χ4n) is 3.09. The Kier molecular flexibility index (Phi) is 6.01. The van der Waals surface area contributed by atoms with Crippen molar-refractivity contribution in [2.45, 2.75) is 36.4 Å². The first-order valence-electron chi connectivity index (χ1n) is 9.58. The number of hydrogen-bond donors (Lipinski definition) is 2. The molecule has 0 spiro atoms. The number of anilines is 2. The van der Waals surface area contributed by atoms with Gasteiger partial charge in [0.15, 0.2) is 5.69 Å². The third-order valence-corrected chi connectivity index (χ3v) is 6.41. The summed E-state index contributed by atoms with van der Waals surface area (Å²) in [5.74, 6) is -0.909. The Morgan fingerprint density at radius 2 is 1.79 bits per heavy atom. The van der Waals surface area contributed by atoms with E-state index in [2.05, 4.69) is 25.1 Å². The Bertz CT molecular complexity index is 1280. The predicted molar refractivity (Wildman–Crippen MR) is 112 cm³/mol. The lowest BCUT2D eigenvalue weighted by molar-refractivity contribution is -0.141. The van der Waals surface area contributed by atoms with Crippen molar-refractivity contribution < 1.29 is 26.4 Å². The van der Waals surface area contributed by atoms with E-state index in [0.717, 1.165) is 4.68 Å². The number of hydrogen-bond acceptors (Lipinski definition) is 6. The van der Waals surface area contributed by atoms with Gasteiger partial charge in [-0.05, 0) is 43.2 Å². The van der Waals surface area contributed by atoms with Gasteiger partial charge in [-0.15, -0.1) is 0 Å². The molecule has 2 N–H and O–H groups in total. The first kappa shape index (κ1) is 23.0. The van der Waals surface area contributed by atoms with Crippen molar-refractivity contribution in [3.8, 4) is 0 Å². The van der Waals surface area contributed by atoms with Gasteiger partial charge in [0.2, 0.25) is 11.9 Å². The number of nitrogens with zero attached hydrogens (tertiary/aromatic N) is 4. The van der Waals surface area contributed by atoms with Crippen LogP contribution in [0.5, 0.6) is 0 Å². The number of benzene rings is 1. The molecule has 0 unspecified atom stereocenters. The maximum absolute atomic E-state index is 13.2. The van der Waals surface area contributed by atoms with Gasteiger partial charge in [-0.2, -0.15) is 18.3 Å². The molecule has 1 saturated carbocycles. The van der Waals surface area contributed by atoms with Gasteiger partial charge in [0, 0.05) is 24.0 Å². The van der Waals surface area contributed by atoms with Gasteiger partial charge in [-0.3, -0.25) is 9.48 Å². The van der Waals surface area contributed by atoms with Gasteiger partial charge in [-0.25, -0.2) is 23.1 Å². The lowest BCUT2D eigenvalue weighted by atomic mass is 10.2. The van der Waals surface area contributed by atoms with Gasteiger partial charge < -0.3 is 5.32 Å². The molecule has 14 heteroatoms. The Labute approximate surface area is 191 Å². The molecule has 1 aromatic carbocycles. The summed E-state index contributed by atoms with van der Waals surface area (Å²) in [4.78, 5) is 19.9. The zero-order chi connectivity index (χ0) is 23.8. The lowest BCUT2D eigenvalue weighted by Crippen LogP contribution is -2.21. The number of amides is 1. The van der Waals surface area contributed by atoms with Crippen LogP contribution < -0.4 is 10.0 Å². The maximum atomic E-state index is 13.2. The molecule has 0 saturated heterocycles. The summed E-state index contributed by atoms with van der Waals surface area (Å²) < 4.78 is 67.5. The van der Waals surface area contributed by atoms with Crippen LogP contribution in [0.25, 0.3) is 0 Å². The summed E-state index contributed by atoms with van der Waals surface area (Å²) in [6, 6.07) is 6.73. The lowest BCUT2D eigenvalue weighted by Gasteiger charge is -2.10. The molecule has 0 aliphatic heterocycles. The van der Waals surface area contributed by atoms with Crippen molar-refractivity contribution in [2.24, 2.45) is 0 Å². The summed E-state index contributed by atoms with van der Waals surface area (Å²) in [6.45, 7) is -0.478. The zero-order valence-corrected chi connectivity index (χ0v) is 18.2. The van der Waals surface area contributed by atoms with Crippen LogP contribution in [-0.2, 0) is 27.5 Å². The van der Waals surface area contributed by atoms with Crippen LogP contribution in [-0.4, -0.2) is 34.1 Å². The van der Waals surface area contributed by atoms with Crippen molar-refractivity contribution in [3.05, 3.63) is 59.1 Å². The average Bonchev–Trinajstić information content (AvgIpc) is 3.51. The van der Waals surface area contributed by atoms with Crippen LogP contribution in [0.4, 0.5) is 24.8 Å². The maximum Gasteiger partial charge on any atom is 0.436 e. The monoisotopic (exact) mass is 500 g/mol. The second-order valence-electron chi connectivity index (χ2n) is 7.23. The normalized spacial score (nSPS) is 14.2. The third kappa shape index (κ3) is 5.25. The van der Waals surface area contributed by atoms with E-state index in [0.29, 0.717) is 12.8 Å². The fraction of sp³-hybridized carbons (Fsp3) is 0.263. The molecule has 174 valence electrons. The van der Waals surface area contributed by atoms with E-state index in [9.17, 15) is 26.4 Å². The largest absolute Gasteiger partial charge is 0.436 e. The highest BCUT2D eigenvalue weighted by Crippen LogP contribution is 2.46. The third-order valence-electron chi connectivity index (χ3n) is 4.70. The van der Waals surface area contributed by atoms with Crippen molar-refractivity contribution in [3.63, 3.8) is 0 Å². The number of carbonyl (C=O) groups is 1. The van der Waals surface area contributed by atoms with Crippen molar-refractivity contribution in [2.75, 3.05) is 10.0 Å². The van der Waals surface area contributed by atoms with Crippen molar-refractivity contribution in [1.82, 2.24) is 19.7 Å². The van der Waals surface area contributed by atoms with Crippen LogP contribution in [0.1, 0.15) is 30.1 Å². The summed E-state index contributed by atoms with van der Waals surface area (Å²) in [5.41, 5.74) is -0.782. The summed E-state index contributed by atoms with van der Waals surface area (Å²) in [6.07, 6.45) is -0.640. The van der Waals surface area contributed by atoms with E-state index in [1.807, 2.05) is 0 Å². The zero-order valence-electron chi connectivity index (χ0n) is 16.7. The number of sulfonamides is 1. The Morgan fingerprint density at radius 3 is 2.36 bits per heavy atom. The number of halogens is 4. The van der Waals surface area contributed by atoms with Crippen molar-refractivity contribution >= 4 is 39.2 Å². The Morgan fingerprint density at radius 1 is 1.15 bits per heavy atom. The van der Waals surface area contributed by atoms with Crippen molar-refractivity contribution in [1.29, 1.82) is 0 Å². The molecule has 0 atom stereocenters. The Balaban J connectivity index is 1.46. The first-order valence-corrected chi connectivity index (χ1v) is 11.4. The van der Waals surface area contributed by atoms with Gasteiger partial charge in [-0.1, -0.05) is 11.6 Å². The second kappa shape index (κ2) is 8.63. The number of nitrogens with one attached hydrogen (secondary N) is 2. The molecular weight excluding hydrogens is 485 g/mol. The number of carbonyl (C=O) groups excluding carboxylic acids is 1. The minimum absolute atomic E-state index is 0.0994. The fourth-order valence-corrected chi connectivity index (χ4v) is 4.44. The SMILES string of the molecule is O=C(Cn1nc(C(F)(F)F)c(Cl)c1C1CC1)Nc1ccc(S(=O)(=O)Nc2ncccn2)cc1. The molecule has 1 fully saturated rings. The molecular formula is C19H16ClF3N6O3S. The average molecular weight is 501 g/mol. The minimum Gasteiger partial charge on any atom is -0.324 e. The molecule has 2 aromatic heterocycles. The molecule has 1 amide bonds. The standard InChI is InChI=1S/C19H16ClF3N6O3S/c20-15-16(11-2-3-11)29(27-17(15)19(21,22)23)10-14(30)26-12-4-6-13(7-5-12)33(31,32)28-18-24-8-1-9-25-18/h1,4-9,11H,2-3,10H2,(H,26,30)(H,24,25,28). The van der Waals surface area contributed by atoms with Gasteiger partial charge >= 0.3 is 6.18 Å². The molecule has 1 aliphatic rings. The summed E-state index contributed by atoms with van der Waals surface area (Å²) in [7, 11) is -3.95. The predicted octanol–water partition coefficient (Wildman–Crippen LogP) is 3.66. The summed E-state index contributed by atoms with van der Waals surface area (Å²) in [5, 5.41) is 5.53. The van der Waals surface area contributed by atoms with Crippen LogP contribution in [0.15, 0.2) is 47.6 Å². The van der Waals surface area contributed by atoms with Gasteiger partial charge in [0.1, 0.15) is 6.54 Å². The molecule has 3 aromatic rings. The minimum atomic E-state index is -4.73. The highest BCUT2D eigenvalue weighted by molar-refractivity contribution is 7.92. The van der Waals surface area contributed by atoms with E-state index < -0.39 is 39.4 Å². The van der Waals surface area contributed by atoms with E-state index in [4.69, 9.17) is 11.6 Å². The molecule has 1 aliphatic carbocycles. The van der Waals surface area contributed by atoms with Crippen LogP contribution in [0, 0.1) is 0 Å². The topological polar surface area (TPSA) is 119 Å². The molecule has 4 rings (SSSR count). The quantitative estimate of drug-likeness (QED) is 0.511. The van der Waals surface area contributed by atoms with Crippen LogP contribution >= 0.6 is 11.6 Å². The Hall–Kier alpha value is -3.19. The second-order valence-corrected chi connectivity index (χ2v) is 9.29. The van der Waals surface area contributed by atoms with Gasteiger partial charge in [0.25, 0.3) is 10.0 Å². The molecule has 0 radical (unpaired) electrons. The molecule has 0 bridgehead atoms. The molecule has 2 heterocycles. The summed E-state index contributed by atoms with van der Waals surface area (Å²) >= 11 is 5.90. The number of alkyl halides is 3. The van der Waals surface area contributed by atoms with E-state index in [-0.39, 0.29) is 28.1 Å². The van der Waals surface area contributed by atoms with E-state index >= 15 is 0 Å². The number of rotatable bonds is 7. The number of aromatic nitrogens is 4. The van der Waals surface area contributed by atoms with E-state index in [1.165, 1.54) is 42.7 Å². The molecule has 33 heavy (non-hydrogen) atoms. The van der Waals surface area contributed by atoms with E-state index in [1.54, 1.807) is 0 Å². The highest BCUT2D eigenvalue weighted by Gasteiger charge is 2.42. The van der Waals surface area contributed by atoms with Crippen LogP contribution in [0.2, 0.25) is 5.02 Å². The smallest absolute Gasteiger partial charge is 0.324 e. The van der Waals surface area contributed by atoms with Gasteiger partial charge in [0.05, 0.1) is 15.6 Å².